The molecular formula is C14H27BClLiO3. The van der Waals surface area contributed by atoms with E-state index < -0.39 is 6.75 Å². The number of rotatable bonds is 8. The third-order valence-corrected chi connectivity index (χ3v) is 2.34. The summed E-state index contributed by atoms with van der Waals surface area (Å²) in [5.74, 6) is 6.72. The van der Waals surface area contributed by atoms with Gasteiger partial charge in [0.1, 0.15) is 0 Å². The molecule has 0 N–H and O–H groups in total. The maximum atomic E-state index is 5.85. The maximum absolute atomic E-state index is 5.85. The van der Waals surface area contributed by atoms with Crippen LogP contribution in [0.25, 0.3) is 0 Å². The van der Waals surface area contributed by atoms with Crippen LogP contribution in [0.5, 0.6) is 0 Å². The van der Waals surface area contributed by atoms with Gasteiger partial charge in [-0.1, -0.05) is 0 Å². The van der Waals surface area contributed by atoms with Gasteiger partial charge >= 0.3 is 25.6 Å². The van der Waals surface area contributed by atoms with Gasteiger partial charge in [-0.15, -0.1) is 17.5 Å². The zero-order valence-electron chi connectivity index (χ0n) is 14.0. The Kier molecular flexibility index (Phi) is 13.6. The molecule has 6 heteroatoms. The second-order valence-electron chi connectivity index (χ2n) is 5.31. The fourth-order valence-corrected chi connectivity index (χ4v) is 1.76. The number of alkyl halides is 1. The van der Waals surface area contributed by atoms with Crippen molar-refractivity contribution in [1.29, 1.82) is 0 Å². The second kappa shape index (κ2) is 12.0. The van der Waals surface area contributed by atoms with Crippen LogP contribution in [-0.4, -0.2) is 30.9 Å². The van der Waals surface area contributed by atoms with Gasteiger partial charge in [0.25, 0.3) is 0 Å². The van der Waals surface area contributed by atoms with Gasteiger partial charge < -0.3 is 14.0 Å². The van der Waals surface area contributed by atoms with Crippen LogP contribution in [0.3, 0.4) is 0 Å². The van der Waals surface area contributed by atoms with Crippen LogP contribution < -0.4 is 18.9 Å². The third-order valence-electron chi connectivity index (χ3n) is 2.07. The van der Waals surface area contributed by atoms with E-state index in [0.29, 0.717) is 5.88 Å². The predicted molar refractivity (Wildman–Crippen MR) is 82.1 cm³/mol. The van der Waals surface area contributed by atoms with E-state index in [4.69, 9.17) is 25.6 Å². The second-order valence-corrected chi connectivity index (χ2v) is 5.69. The molecule has 0 bridgehead atoms. The summed E-state index contributed by atoms with van der Waals surface area (Å²) in [7, 11) is 0. The first kappa shape index (κ1) is 22.7. The number of halogens is 1. The normalized spacial score (nSPS) is 11.5. The summed E-state index contributed by atoms with van der Waals surface area (Å²) in [5, 5.41) is 0. The Morgan fingerprint density at radius 2 is 1.30 bits per heavy atom. The van der Waals surface area contributed by atoms with Crippen molar-refractivity contribution in [3.8, 4) is 11.7 Å². The largest absolute Gasteiger partial charge is 1.00 e. The molecule has 0 aromatic carbocycles. The molecule has 0 rings (SSSR count). The quantitative estimate of drug-likeness (QED) is 0.287. The first-order valence-corrected chi connectivity index (χ1v) is 7.57. The smallest absolute Gasteiger partial charge is 0.532 e. The summed E-state index contributed by atoms with van der Waals surface area (Å²) < 4.78 is 17.6. The van der Waals surface area contributed by atoms with Crippen molar-refractivity contribution in [2.75, 3.05) is 5.88 Å². The van der Waals surface area contributed by atoms with Gasteiger partial charge in [-0.2, -0.15) is 0 Å². The van der Waals surface area contributed by atoms with Crippen LogP contribution >= 0.6 is 11.6 Å². The third kappa shape index (κ3) is 11.1. The zero-order chi connectivity index (χ0) is 14.9. The van der Waals surface area contributed by atoms with Crippen LogP contribution in [0.4, 0.5) is 0 Å². The average molecular weight is 297 g/mol. The van der Waals surface area contributed by atoms with Crippen LogP contribution in [0.2, 0.25) is 0 Å². The Bertz CT molecular complexity index is 274. The van der Waals surface area contributed by atoms with Crippen LogP contribution in [0, 0.1) is 11.7 Å². The summed E-state index contributed by atoms with van der Waals surface area (Å²) in [6.45, 7) is 9.66. The summed E-state index contributed by atoms with van der Waals surface area (Å²) in [4.78, 5) is 0. The van der Waals surface area contributed by atoms with Gasteiger partial charge in [-0.25, -0.2) is 5.82 Å². The molecule has 0 aliphatic carbocycles. The molecule has 0 saturated carbocycles. The molecule has 0 aliphatic heterocycles. The van der Waals surface area contributed by atoms with E-state index in [0.717, 1.165) is 12.8 Å². The van der Waals surface area contributed by atoms with E-state index >= 15 is 0 Å². The van der Waals surface area contributed by atoms with Gasteiger partial charge in [-0.3, -0.25) is 0 Å². The Hall–Kier alpha value is 0.392. The maximum Gasteiger partial charge on any atom is 1.00 e. The van der Waals surface area contributed by atoms with Gasteiger partial charge in [0.15, 0.2) is 0 Å². The Labute approximate surface area is 141 Å². The number of hydrogen-bond acceptors (Lipinski definition) is 3. The number of hydrogen-bond donors (Lipinski definition) is 0. The summed E-state index contributed by atoms with van der Waals surface area (Å²) in [6, 6.07) is 0. The number of unbranched alkanes of at least 4 members (excludes halogenated alkanes) is 1. The van der Waals surface area contributed by atoms with Crippen LogP contribution in [0.15, 0.2) is 0 Å². The Balaban J connectivity index is 0. The summed E-state index contributed by atoms with van der Waals surface area (Å²) >= 11 is 5.65. The van der Waals surface area contributed by atoms with Crippen molar-refractivity contribution in [2.24, 2.45) is 0 Å². The summed E-state index contributed by atoms with van der Waals surface area (Å²) in [5.41, 5.74) is 0. The molecule has 0 fully saturated rings. The minimum absolute atomic E-state index is 0. The minimum Gasteiger partial charge on any atom is -0.532 e. The average Bonchev–Trinajstić information content (AvgIpc) is 2.21. The van der Waals surface area contributed by atoms with Crippen molar-refractivity contribution in [2.45, 2.75) is 72.7 Å². The monoisotopic (exact) mass is 296 g/mol. The minimum atomic E-state index is -2.03. The van der Waals surface area contributed by atoms with Crippen LogP contribution in [0.1, 0.15) is 54.4 Å². The molecule has 0 amide bonds. The van der Waals surface area contributed by atoms with E-state index in [9.17, 15) is 0 Å². The molecule has 0 unspecified atom stereocenters. The van der Waals surface area contributed by atoms with Gasteiger partial charge in [-0.05, 0) is 48.0 Å². The molecule has 20 heavy (non-hydrogen) atoms. The first-order valence-electron chi connectivity index (χ1n) is 7.04. The van der Waals surface area contributed by atoms with Gasteiger partial charge in [0.05, 0.1) is 0 Å². The van der Waals surface area contributed by atoms with E-state index in [1.807, 2.05) is 41.5 Å². The van der Waals surface area contributed by atoms with E-state index in [1.165, 1.54) is 0 Å². The molecule has 0 radical (unpaired) electrons. The molecule has 0 aromatic heterocycles. The van der Waals surface area contributed by atoms with Crippen molar-refractivity contribution in [1.82, 2.24) is 0 Å². The molecule has 0 aromatic rings. The predicted octanol–water partition coefficient (Wildman–Crippen LogP) is 0.766. The van der Waals surface area contributed by atoms with Crippen molar-refractivity contribution in [3.63, 3.8) is 0 Å². The fraction of sp³-hybridized carbons (Fsp3) is 0.857. The molecular weight excluding hydrogens is 269 g/mol. The molecule has 0 heterocycles. The van der Waals surface area contributed by atoms with E-state index in [1.54, 1.807) is 0 Å². The van der Waals surface area contributed by atoms with E-state index in [2.05, 4.69) is 11.7 Å². The van der Waals surface area contributed by atoms with Crippen LogP contribution in [-0.2, 0) is 14.0 Å². The molecule has 0 atom stereocenters. The topological polar surface area (TPSA) is 27.7 Å². The van der Waals surface area contributed by atoms with Gasteiger partial charge in [0.2, 0.25) is 0 Å². The van der Waals surface area contributed by atoms with E-state index in [-0.39, 0.29) is 37.2 Å². The first-order chi connectivity index (χ1) is 8.81. The summed E-state index contributed by atoms with van der Waals surface area (Å²) in [6.07, 6.45) is 1.53. The fourth-order valence-electron chi connectivity index (χ4n) is 1.63. The van der Waals surface area contributed by atoms with Gasteiger partial charge in [0, 0.05) is 30.6 Å². The SMILES string of the molecule is CC(C)O[B-](C#CCCCCl)(OC(C)C)OC(C)C.[Li+]. The molecule has 0 saturated heterocycles. The zero-order valence-corrected chi connectivity index (χ0v) is 14.8. The molecule has 0 spiro atoms. The Morgan fingerprint density at radius 1 is 0.900 bits per heavy atom. The van der Waals surface area contributed by atoms with Crippen molar-refractivity contribution in [3.05, 3.63) is 0 Å². The molecule has 112 valence electrons. The standard InChI is InChI=1S/C14H27BClO3.Li/c1-12(2)17-15(18-13(3)4,19-14(5)6)10-8-7-9-11-16;/h12-14H,7,9,11H2,1-6H3;/q-1;+1. The Morgan fingerprint density at radius 3 is 1.60 bits per heavy atom. The molecule has 0 aliphatic rings. The van der Waals surface area contributed by atoms with Crippen molar-refractivity contribution < 1.29 is 32.8 Å². The van der Waals surface area contributed by atoms with Crippen molar-refractivity contribution >= 4 is 18.4 Å². The molecule has 3 nitrogen and oxygen atoms in total.